The van der Waals surface area contributed by atoms with E-state index in [9.17, 15) is 4.79 Å². The van der Waals surface area contributed by atoms with Crippen LogP contribution in [0.15, 0.2) is 54.6 Å². The van der Waals surface area contributed by atoms with Crippen LogP contribution in [0.2, 0.25) is 0 Å². The van der Waals surface area contributed by atoms with Crippen molar-refractivity contribution in [1.29, 1.82) is 0 Å². The highest BCUT2D eigenvalue weighted by Gasteiger charge is 2.09. The molecule has 3 nitrogen and oxygen atoms in total. The zero-order valence-electron chi connectivity index (χ0n) is 13.4. The van der Waals surface area contributed by atoms with Crippen molar-refractivity contribution in [2.24, 2.45) is 0 Å². The van der Waals surface area contributed by atoms with E-state index >= 15 is 0 Å². The molecule has 0 aliphatic rings. The lowest BCUT2D eigenvalue weighted by molar-refractivity contribution is 0.0951. The minimum atomic E-state index is -0.0566. The van der Waals surface area contributed by atoms with Crippen LogP contribution in [0.1, 0.15) is 42.6 Å². The third kappa shape index (κ3) is 4.62. The third-order valence-corrected chi connectivity index (χ3v) is 3.43. The Morgan fingerprint density at radius 1 is 1.00 bits per heavy atom. The average molecular weight is 297 g/mol. The molecular formula is C19H23NO2. The van der Waals surface area contributed by atoms with Gasteiger partial charge in [-0.05, 0) is 49.6 Å². The van der Waals surface area contributed by atoms with Gasteiger partial charge in [0.25, 0.3) is 5.91 Å². The number of carbonyl (C=O) groups excluding carboxylic acids is 1. The lowest BCUT2D eigenvalue weighted by atomic mass is 10.0. The number of hydrogen-bond donors (Lipinski definition) is 1. The van der Waals surface area contributed by atoms with Gasteiger partial charge < -0.3 is 10.1 Å². The number of ether oxygens (including phenoxy) is 1. The molecule has 3 heteroatoms. The molecule has 2 rings (SSSR count). The maximum Gasteiger partial charge on any atom is 0.251 e. The molecule has 0 heterocycles. The smallest absolute Gasteiger partial charge is 0.251 e. The molecular weight excluding hydrogens is 274 g/mol. The summed E-state index contributed by atoms with van der Waals surface area (Å²) in [5.41, 5.74) is 1.87. The zero-order chi connectivity index (χ0) is 15.9. The minimum Gasteiger partial charge on any atom is -0.491 e. The van der Waals surface area contributed by atoms with Gasteiger partial charge in [-0.3, -0.25) is 4.79 Å². The largest absolute Gasteiger partial charge is 0.491 e. The van der Waals surface area contributed by atoms with Crippen molar-refractivity contribution in [3.8, 4) is 5.75 Å². The molecule has 0 fully saturated rings. The van der Waals surface area contributed by atoms with Crippen molar-refractivity contribution >= 4 is 5.91 Å². The van der Waals surface area contributed by atoms with E-state index in [2.05, 4.69) is 24.4 Å². The first-order chi connectivity index (χ1) is 10.6. The molecule has 2 aromatic carbocycles. The van der Waals surface area contributed by atoms with Crippen molar-refractivity contribution in [1.82, 2.24) is 5.32 Å². The Morgan fingerprint density at radius 2 is 1.64 bits per heavy atom. The average Bonchev–Trinajstić information content (AvgIpc) is 2.53. The third-order valence-electron chi connectivity index (χ3n) is 3.43. The summed E-state index contributed by atoms with van der Waals surface area (Å²) < 4.78 is 5.57. The van der Waals surface area contributed by atoms with E-state index < -0.39 is 0 Å². The summed E-state index contributed by atoms with van der Waals surface area (Å²) in [6, 6.07) is 17.4. The van der Waals surface area contributed by atoms with Gasteiger partial charge in [-0.15, -0.1) is 0 Å². The van der Waals surface area contributed by atoms with Gasteiger partial charge in [0.2, 0.25) is 0 Å². The van der Waals surface area contributed by atoms with E-state index in [1.54, 1.807) is 12.1 Å². The topological polar surface area (TPSA) is 38.3 Å². The van der Waals surface area contributed by atoms with Gasteiger partial charge in [0, 0.05) is 12.1 Å². The Balaban J connectivity index is 1.89. The van der Waals surface area contributed by atoms with Crippen molar-refractivity contribution in [3.05, 3.63) is 65.7 Å². The van der Waals surface area contributed by atoms with Crippen LogP contribution in [0.4, 0.5) is 0 Å². The number of carbonyl (C=O) groups is 1. The Hall–Kier alpha value is -2.29. The second-order valence-electron chi connectivity index (χ2n) is 5.71. The molecule has 1 amide bonds. The van der Waals surface area contributed by atoms with Gasteiger partial charge >= 0.3 is 0 Å². The van der Waals surface area contributed by atoms with Crippen LogP contribution in [0.5, 0.6) is 5.75 Å². The Labute approximate surface area is 132 Å². The Morgan fingerprint density at radius 3 is 2.23 bits per heavy atom. The Bertz CT molecular complexity index is 591. The predicted octanol–water partition coefficient (Wildman–Crippen LogP) is 4.01. The monoisotopic (exact) mass is 297 g/mol. The van der Waals surface area contributed by atoms with Crippen molar-refractivity contribution in [2.75, 3.05) is 6.54 Å². The zero-order valence-corrected chi connectivity index (χ0v) is 13.4. The molecule has 0 saturated heterocycles. The van der Waals surface area contributed by atoms with Crippen molar-refractivity contribution < 1.29 is 9.53 Å². The highest BCUT2D eigenvalue weighted by Crippen LogP contribution is 2.15. The molecule has 0 bridgehead atoms. The van der Waals surface area contributed by atoms with E-state index in [0.29, 0.717) is 12.1 Å². The number of amides is 1. The lowest BCUT2D eigenvalue weighted by Gasteiger charge is -2.13. The van der Waals surface area contributed by atoms with Gasteiger partial charge in [0.05, 0.1) is 6.10 Å². The molecule has 0 saturated carbocycles. The van der Waals surface area contributed by atoms with E-state index in [4.69, 9.17) is 4.74 Å². The van der Waals surface area contributed by atoms with Crippen molar-refractivity contribution in [2.45, 2.75) is 32.8 Å². The SMILES string of the molecule is CC(C)Oc1ccc(C(=O)NC[C@H](C)c2ccccc2)cc1. The molecule has 0 spiro atoms. The lowest BCUT2D eigenvalue weighted by Crippen LogP contribution is -2.27. The molecule has 0 aliphatic carbocycles. The fourth-order valence-electron chi connectivity index (χ4n) is 2.20. The molecule has 0 aliphatic heterocycles. The minimum absolute atomic E-state index is 0.0566. The first-order valence-corrected chi connectivity index (χ1v) is 7.66. The van der Waals surface area contributed by atoms with Crippen LogP contribution < -0.4 is 10.1 Å². The summed E-state index contributed by atoms with van der Waals surface area (Å²) in [5, 5.41) is 2.98. The number of hydrogen-bond acceptors (Lipinski definition) is 2. The second-order valence-corrected chi connectivity index (χ2v) is 5.71. The normalized spacial score (nSPS) is 12.0. The fraction of sp³-hybridized carbons (Fsp3) is 0.316. The van der Waals surface area contributed by atoms with Crippen molar-refractivity contribution in [3.63, 3.8) is 0 Å². The molecule has 22 heavy (non-hydrogen) atoms. The van der Waals surface area contributed by atoms with Gasteiger partial charge in [0.15, 0.2) is 0 Å². The highest BCUT2D eigenvalue weighted by atomic mass is 16.5. The van der Waals surface area contributed by atoms with Crippen LogP contribution in [0, 0.1) is 0 Å². The predicted molar refractivity (Wildman–Crippen MR) is 89.4 cm³/mol. The molecule has 1 N–H and O–H groups in total. The molecule has 0 radical (unpaired) electrons. The first kappa shape index (κ1) is 16.1. The molecule has 116 valence electrons. The summed E-state index contributed by atoms with van der Waals surface area (Å²) >= 11 is 0. The van der Waals surface area contributed by atoms with Gasteiger partial charge in [0.1, 0.15) is 5.75 Å². The Kier molecular flexibility index (Phi) is 5.59. The molecule has 0 unspecified atom stereocenters. The van der Waals surface area contributed by atoms with Crippen LogP contribution in [-0.4, -0.2) is 18.6 Å². The van der Waals surface area contributed by atoms with Crippen LogP contribution in [-0.2, 0) is 0 Å². The summed E-state index contributed by atoms with van der Waals surface area (Å²) in [7, 11) is 0. The summed E-state index contributed by atoms with van der Waals surface area (Å²) in [6.07, 6.45) is 0.131. The van der Waals surface area contributed by atoms with E-state index in [-0.39, 0.29) is 17.9 Å². The number of nitrogens with one attached hydrogen (secondary N) is 1. The van der Waals surface area contributed by atoms with Gasteiger partial charge in [-0.25, -0.2) is 0 Å². The molecule has 0 aromatic heterocycles. The van der Waals surface area contributed by atoms with Crippen LogP contribution >= 0.6 is 0 Å². The number of benzene rings is 2. The quantitative estimate of drug-likeness (QED) is 0.875. The van der Waals surface area contributed by atoms with E-state index in [1.165, 1.54) is 5.56 Å². The molecule has 2 aromatic rings. The molecule has 1 atom stereocenters. The summed E-state index contributed by atoms with van der Waals surface area (Å²) in [5.74, 6) is 1.01. The van der Waals surface area contributed by atoms with E-state index in [1.807, 2.05) is 44.2 Å². The highest BCUT2D eigenvalue weighted by molar-refractivity contribution is 5.94. The summed E-state index contributed by atoms with van der Waals surface area (Å²) in [6.45, 7) is 6.68. The number of rotatable bonds is 6. The summed E-state index contributed by atoms with van der Waals surface area (Å²) in [4.78, 5) is 12.2. The van der Waals surface area contributed by atoms with Crippen LogP contribution in [0.25, 0.3) is 0 Å². The standard InChI is InChI=1S/C19H23NO2/c1-14(2)22-18-11-9-17(10-12-18)19(21)20-13-15(3)16-7-5-4-6-8-16/h4-12,14-15H,13H2,1-3H3,(H,20,21)/t15-/m0/s1. The van der Waals surface area contributed by atoms with Crippen LogP contribution in [0.3, 0.4) is 0 Å². The first-order valence-electron chi connectivity index (χ1n) is 7.66. The van der Waals surface area contributed by atoms with Gasteiger partial charge in [-0.2, -0.15) is 0 Å². The maximum atomic E-state index is 12.2. The van der Waals surface area contributed by atoms with Gasteiger partial charge in [-0.1, -0.05) is 37.3 Å². The maximum absolute atomic E-state index is 12.2. The fourth-order valence-corrected chi connectivity index (χ4v) is 2.20. The van der Waals surface area contributed by atoms with E-state index in [0.717, 1.165) is 5.75 Å². The second kappa shape index (κ2) is 7.64.